The Balaban J connectivity index is 1.77. The molecule has 3 saturated heterocycles. The number of hydrogen-bond acceptors (Lipinski definition) is 6. The van der Waals surface area contributed by atoms with E-state index in [0.717, 1.165) is 17.0 Å². The fraction of sp³-hybridized carbons (Fsp3) is 0.625. The van der Waals surface area contributed by atoms with Gasteiger partial charge in [0.05, 0.1) is 34.7 Å². The molecular weight excluding hydrogens is 481 g/mol. The predicted molar refractivity (Wildman–Crippen MR) is 122 cm³/mol. The number of benzene rings is 1. The Morgan fingerprint density at radius 1 is 1.11 bits per heavy atom. The van der Waals surface area contributed by atoms with E-state index in [1.807, 2.05) is 33.9 Å². The van der Waals surface area contributed by atoms with Crippen LogP contribution in [0.1, 0.15) is 45.7 Å². The van der Waals surface area contributed by atoms with Gasteiger partial charge in [0.2, 0.25) is 11.8 Å². The lowest BCUT2D eigenvalue weighted by Gasteiger charge is -2.45. The van der Waals surface area contributed by atoms with Crippen molar-refractivity contribution >= 4 is 25.8 Å². The smallest absolute Gasteiger partial charge is 0.408 e. The Kier molecular flexibility index (Phi) is 5.44. The van der Waals surface area contributed by atoms with Crippen LogP contribution < -0.4 is 4.90 Å². The number of nitriles is 1. The van der Waals surface area contributed by atoms with Crippen LogP contribution >= 0.6 is 0 Å². The summed E-state index contributed by atoms with van der Waals surface area (Å²) in [5, 5.41) is 20.1. The number of rotatable bonds is 3. The van der Waals surface area contributed by atoms with E-state index in [-0.39, 0.29) is 10.7 Å². The van der Waals surface area contributed by atoms with E-state index in [1.54, 1.807) is 13.8 Å². The Hall–Kier alpha value is -2.26. The molecule has 3 aliphatic heterocycles. The molecule has 0 radical (unpaired) electrons. The number of hydrogen-bond donors (Lipinski definition) is 1. The third-order valence-electron chi connectivity index (χ3n) is 8.34. The number of amides is 2. The molecule has 2 bridgehead atoms. The average molecular weight is 511 g/mol. The molecule has 3 fully saturated rings. The lowest BCUT2D eigenvalue weighted by molar-refractivity contribution is -0.138. The molecule has 190 valence electrons. The second kappa shape index (κ2) is 7.38. The number of ether oxygens (including phenoxy) is 1. The van der Waals surface area contributed by atoms with Crippen LogP contribution in [0.4, 0.5) is 18.9 Å². The number of carbonyl (C=O) groups is 2. The van der Waals surface area contributed by atoms with E-state index in [4.69, 9.17) is 14.4 Å². The first-order chi connectivity index (χ1) is 15.8. The summed E-state index contributed by atoms with van der Waals surface area (Å²) in [6, 6.07) is 4.23. The maximum absolute atomic E-state index is 13.6. The van der Waals surface area contributed by atoms with E-state index in [9.17, 15) is 27.9 Å². The second-order valence-electron chi connectivity index (χ2n) is 11.5. The summed E-state index contributed by atoms with van der Waals surface area (Å²) in [7, 11) is -2.44. The van der Waals surface area contributed by atoms with Gasteiger partial charge in [0.1, 0.15) is 23.4 Å². The largest absolute Gasteiger partial charge is 0.417 e. The van der Waals surface area contributed by atoms with Gasteiger partial charge in [-0.3, -0.25) is 9.59 Å². The third-order valence-corrected chi connectivity index (χ3v) is 12.8. The minimum Gasteiger partial charge on any atom is -0.408 e. The van der Waals surface area contributed by atoms with Crippen LogP contribution in [0.5, 0.6) is 0 Å². The number of anilines is 1. The van der Waals surface area contributed by atoms with Crippen molar-refractivity contribution in [3.63, 3.8) is 0 Å². The van der Waals surface area contributed by atoms with E-state index in [0.29, 0.717) is 6.07 Å². The topological polar surface area (TPSA) is 99.9 Å². The van der Waals surface area contributed by atoms with E-state index < -0.39 is 72.7 Å². The average Bonchev–Trinajstić information content (AvgIpc) is 3.21. The fourth-order valence-corrected chi connectivity index (χ4v) is 6.80. The molecule has 2 amide bonds. The Labute approximate surface area is 202 Å². The van der Waals surface area contributed by atoms with Gasteiger partial charge in [-0.1, -0.05) is 20.8 Å². The zero-order chi connectivity index (χ0) is 26.5. The predicted octanol–water partition coefficient (Wildman–Crippen LogP) is 4.00. The summed E-state index contributed by atoms with van der Waals surface area (Å²) in [5.41, 5.74) is -4.92. The molecule has 0 aromatic heterocycles. The summed E-state index contributed by atoms with van der Waals surface area (Å²) in [5.74, 6) is -3.57. The molecule has 0 spiro atoms. The number of halogens is 3. The second-order valence-corrected chi connectivity index (χ2v) is 16.3. The summed E-state index contributed by atoms with van der Waals surface area (Å²) < 4.78 is 53.3. The molecule has 1 aromatic carbocycles. The van der Waals surface area contributed by atoms with Crippen LogP contribution in [0.2, 0.25) is 18.1 Å². The standard InChI is InChI=1S/C24H29F3N2O5Si/c1-21(2,3)35(6,7)33-18-17(30)22(4)15-16(23(18,5)34-22)20(32)29(19(15)31)13-9-8-12(11-28)14(10-13)24(25,26)27/h8-10,15-18,30H,1-7H3. The van der Waals surface area contributed by atoms with Crippen molar-refractivity contribution in [3.8, 4) is 6.07 Å². The van der Waals surface area contributed by atoms with E-state index in [2.05, 4.69) is 0 Å². The van der Waals surface area contributed by atoms with Gasteiger partial charge < -0.3 is 14.3 Å². The SMILES string of the molecule is CC12OC(C)(C(O[Si](C)(C)C(C)(C)C)C1O)C1C(=O)N(c3ccc(C#N)c(C(F)(F)F)c3)C(=O)C12. The minimum absolute atomic E-state index is 0.205. The molecule has 7 nitrogen and oxygen atoms in total. The van der Waals surface area contributed by atoms with Crippen LogP contribution in [-0.2, 0) is 24.9 Å². The Bertz CT molecular complexity index is 1160. The molecule has 1 N–H and O–H groups in total. The monoisotopic (exact) mass is 510 g/mol. The van der Waals surface area contributed by atoms with Crippen molar-refractivity contribution < 1.29 is 37.0 Å². The molecule has 4 rings (SSSR count). The van der Waals surface area contributed by atoms with Crippen LogP contribution in [0.25, 0.3) is 0 Å². The zero-order valence-electron chi connectivity index (χ0n) is 20.6. The van der Waals surface area contributed by atoms with Crippen LogP contribution in [0.15, 0.2) is 18.2 Å². The third kappa shape index (κ3) is 3.41. The molecular formula is C24H29F3N2O5Si. The molecule has 35 heavy (non-hydrogen) atoms. The maximum Gasteiger partial charge on any atom is 0.417 e. The molecule has 0 aliphatic carbocycles. The van der Waals surface area contributed by atoms with Gasteiger partial charge in [-0.05, 0) is 50.2 Å². The summed E-state index contributed by atoms with van der Waals surface area (Å²) >= 11 is 0. The van der Waals surface area contributed by atoms with Gasteiger partial charge in [-0.15, -0.1) is 0 Å². The van der Waals surface area contributed by atoms with Gasteiger partial charge >= 0.3 is 6.18 Å². The van der Waals surface area contributed by atoms with Crippen LogP contribution in [-0.4, -0.2) is 48.6 Å². The highest BCUT2D eigenvalue weighted by molar-refractivity contribution is 6.74. The number of aliphatic hydroxyl groups is 1. The highest BCUT2D eigenvalue weighted by Gasteiger charge is 2.80. The number of aliphatic hydroxyl groups excluding tert-OH is 1. The first-order valence-corrected chi connectivity index (χ1v) is 14.3. The van der Waals surface area contributed by atoms with Crippen LogP contribution in [0, 0.1) is 23.2 Å². The minimum atomic E-state index is -4.85. The number of carbonyl (C=O) groups excluding carboxylic acids is 2. The Morgan fingerprint density at radius 3 is 2.14 bits per heavy atom. The molecule has 3 aliphatic rings. The lowest BCUT2D eigenvalue weighted by Crippen LogP contribution is -2.61. The van der Waals surface area contributed by atoms with Crippen LogP contribution in [0.3, 0.4) is 0 Å². The molecule has 0 saturated carbocycles. The molecule has 11 heteroatoms. The molecule has 6 atom stereocenters. The zero-order valence-corrected chi connectivity index (χ0v) is 21.6. The highest BCUT2D eigenvalue weighted by Crippen LogP contribution is 2.62. The highest BCUT2D eigenvalue weighted by atomic mass is 28.4. The fourth-order valence-electron chi connectivity index (χ4n) is 5.45. The van der Waals surface area contributed by atoms with Crippen molar-refractivity contribution in [2.45, 2.75) is 82.3 Å². The van der Waals surface area contributed by atoms with E-state index >= 15 is 0 Å². The summed E-state index contributed by atoms with van der Waals surface area (Å²) in [4.78, 5) is 27.8. The lowest BCUT2D eigenvalue weighted by atomic mass is 9.66. The molecule has 6 unspecified atom stereocenters. The van der Waals surface area contributed by atoms with Crippen molar-refractivity contribution in [2.24, 2.45) is 11.8 Å². The van der Waals surface area contributed by atoms with Crippen molar-refractivity contribution in [3.05, 3.63) is 29.3 Å². The maximum atomic E-state index is 13.6. The van der Waals surface area contributed by atoms with Crippen molar-refractivity contribution in [1.82, 2.24) is 0 Å². The molecule has 3 heterocycles. The van der Waals surface area contributed by atoms with Gasteiger partial charge in [0, 0.05) is 0 Å². The van der Waals surface area contributed by atoms with Crippen molar-refractivity contribution in [1.29, 1.82) is 5.26 Å². The number of fused-ring (bicyclic) bond motifs is 5. The number of alkyl halides is 3. The summed E-state index contributed by atoms with van der Waals surface area (Å²) in [6.45, 7) is 13.3. The van der Waals surface area contributed by atoms with Crippen molar-refractivity contribution in [2.75, 3.05) is 4.90 Å². The van der Waals surface area contributed by atoms with Gasteiger partial charge in [-0.2, -0.15) is 18.4 Å². The quantitative estimate of drug-likeness (QED) is 0.488. The number of imide groups is 1. The first kappa shape index (κ1) is 25.8. The Morgan fingerprint density at radius 2 is 1.66 bits per heavy atom. The van der Waals surface area contributed by atoms with Gasteiger partial charge in [-0.25, -0.2) is 4.90 Å². The first-order valence-electron chi connectivity index (χ1n) is 11.4. The van der Waals surface area contributed by atoms with Gasteiger partial charge in [0.25, 0.3) is 0 Å². The number of nitrogens with zero attached hydrogens (tertiary/aromatic N) is 2. The van der Waals surface area contributed by atoms with E-state index in [1.165, 1.54) is 6.07 Å². The normalized spacial score (nSPS) is 35.0. The molecule has 1 aromatic rings. The summed E-state index contributed by atoms with van der Waals surface area (Å²) in [6.07, 6.45) is -6.95. The van der Waals surface area contributed by atoms with Gasteiger partial charge in [0.15, 0.2) is 8.32 Å².